The van der Waals surface area contributed by atoms with Crippen LogP contribution < -0.4 is 15.7 Å². The zero-order valence-corrected chi connectivity index (χ0v) is 15.6. The van der Waals surface area contributed by atoms with Gasteiger partial charge in [0.05, 0.1) is 19.2 Å². The van der Waals surface area contributed by atoms with Crippen molar-refractivity contribution in [3.8, 4) is 5.75 Å². The van der Waals surface area contributed by atoms with E-state index in [-0.39, 0.29) is 22.7 Å². The molecule has 1 aromatic heterocycles. The van der Waals surface area contributed by atoms with Gasteiger partial charge in [0.25, 0.3) is 5.56 Å². The average molecular weight is 374 g/mol. The second-order valence-corrected chi connectivity index (χ2v) is 6.59. The van der Waals surface area contributed by atoms with Crippen LogP contribution in [-0.2, 0) is 11.2 Å². The van der Waals surface area contributed by atoms with Gasteiger partial charge in [-0.2, -0.15) is 5.10 Å². The van der Waals surface area contributed by atoms with Crippen molar-refractivity contribution < 1.29 is 9.53 Å². The number of aromatic nitrogens is 2. The lowest BCUT2D eigenvalue weighted by Gasteiger charge is -2.07. The Hall–Kier alpha value is -2.74. The van der Waals surface area contributed by atoms with Gasteiger partial charge >= 0.3 is 0 Å². The molecule has 26 heavy (non-hydrogen) atoms. The first-order valence-corrected chi connectivity index (χ1v) is 8.70. The molecule has 0 spiro atoms. The summed E-state index contributed by atoms with van der Waals surface area (Å²) < 4.78 is 5.83. The summed E-state index contributed by atoms with van der Waals surface area (Å²) >= 11 is 4.86. The summed E-state index contributed by atoms with van der Waals surface area (Å²) in [5.41, 5.74) is 3.32. The third kappa shape index (κ3) is 7.02. The van der Waals surface area contributed by atoms with Crippen molar-refractivity contribution in [1.82, 2.24) is 15.4 Å². The van der Waals surface area contributed by atoms with Gasteiger partial charge in [-0.15, -0.1) is 0 Å². The summed E-state index contributed by atoms with van der Waals surface area (Å²) in [7, 11) is 0. The Morgan fingerprint density at radius 1 is 1.31 bits per heavy atom. The van der Waals surface area contributed by atoms with Crippen molar-refractivity contribution in [2.75, 3.05) is 6.61 Å². The van der Waals surface area contributed by atoms with Gasteiger partial charge in [-0.05, 0) is 54.4 Å². The summed E-state index contributed by atoms with van der Waals surface area (Å²) in [5.74, 6) is 1.05. The number of hydrazone groups is 1. The number of amides is 1. The fourth-order valence-corrected chi connectivity index (χ4v) is 2.30. The topological polar surface area (TPSA) is 99.3 Å². The minimum atomic E-state index is -0.355. The maximum absolute atomic E-state index is 11.8. The molecule has 0 aliphatic carbocycles. The quantitative estimate of drug-likeness (QED) is 0.376. The second-order valence-electron chi connectivity index (χ2n) is 6.18. The fourth-order valence-electron chi connectivity index (χ4n) is 2.07. The maximum atomic E-state index is 11.8. The van der Waals surface area contributed by atoms with Crippen molar-refractivity contribution in [1.29, 1.82) is 0 Å². The Morgan fingerprint density at radius 2 is 2.04 bits per heavy atom. The molecule has 0 unspecified atom stereocenters. The monoisotopic (exact) mass is 374 g/mol. The van der Waals surface area contributed by atoms with E-state index < -0.39 is 0 Å². The van der Waals surface area contributed by atoms with E-state index in [2.05, 4.69) is 34.3 Å². The molecule has 2 aromatic rings. The molecule has 0 atom stereocenters. The molecular formula is C18H22N4O3S. The number of carbonyl (C=O) groups is 1. The smallest absolute Gasteiger partial charge is 0.251 e. The van der Waals surface area contributed by atoms with E-state index in [1.165, 1.54) is 12.3 Å². The van der Waals surface area contributed by atoms with Crippen LogP contribution >= 0.6 is 12.2 Å². The molecule has 0 fully saturated rings. The van der Waals surface area contributed by atoms with E-state index in [0.717, 1.165) is 17.7 Å². The normalized spacial score (nSPS) is 11.0. The molecule has 0 saturated heterocycles. The SMILES string of the molecule is CC(C)CCOc1ccc(/C=N\NC(=O)Cc2cc(=O)[nH]c(=S)[nH]2)cc1. The first-order chi connectivity index (χ1) is 12.4. The molecule has 138 valence electrons. The Labute approximate surface area is 156 Å². The molecule has 0 bridgehead atoms. The van der Waals surface area contributed by atoms with Crippen molar-refractivity contribution in [3.05, 3.63) is 56.7 Å². The van der Waals surface area contributed by atoms with Gasteiger partial charge < -0.3 is 9.72 Å². The van der Waals surface area contributed by atoms with Crippen LogP contribution in [0.15, 0.2) is 40.2 Å². The summed E-state index contributed by atoms with van der Waals surface area (Å²) in [6, 6.07) is 8.72. The van der Waals surface area contributed by atoms with Crippen molar-refractivity contribution in [2.45, 2.75) is 26.7 Å². The zero-order valence-electron chi connectivity index (χ0n) is 14.7. The molecule has 3 N–H and O–H groups in total. The van der Waals surface area contributed by atoms with E-state index in [1.807, 2.05) is 24.3 Å². The number of benzene rings is 1. The number of aromatic amines is 2. The number of nitrogens with one attached hydrogen (secondary N) is 3. The Kier molecular flexibility index (Phi) is 7.28. The lowest BCUT2D eigenvalue weighted by Crippen LogP contribution is -2.21. The summed E-state index contributed by atoms with van der Waals surface area (Å²) in [5, 5.41) is 3.91. The van der Waals surface area contributed by atoms with Crippen LogP contribution in [0.1, 0.15) is 31.5 Å². The number of carbonyl (C=O) groups excluding carboxylic acids is 1. The first-order valence-electron chi connectivity index (χ1n) is 8.29. The third-order valence-electron chi connectivity index (χ3n) is 3.41. The van der Waals surface area contributed by atoms with Crippen LogP contribution in [0.2, 0.25) is 0 Å². The van der Waals surface area contributed by atoms with Crippen LogP contribution in [0.25, 0.3) is 0 Å². The van der Waals surface area contributed by atoms with E-state index in [0.29, 0.717) is 18.2 Å². The highest BCUT2D eigenvalue weighted by molar-refractivity contribution is 7.71. The molecule has 0 aliphatic rings. The fraction of sp³-hybridized carbons (Fsp3) is 0.333. The van der Waals surface area contributed by atoms with Gasteiger partial charge in [-0.1, -0.05) is 13.8 Å². The molecule has 0 saturated carbocycles. The molecule has 1 amide bonds. The highest BCUT2D eigenvalue weighted by atomic mass is 32.1. The number of hydrogen-bond donors (Lipinski definition) is 3. The van der Waals surface area contributed by atoms with E-state index in [9.17, 15) is 9.59 Å². The average Bonchev–Trinajstić information content (AvgIpc) is 2.55. The Morgan fingerprint density at radius 3 is 2.69 bits per heavy atom. The van der Waals surface area contributed by atoms with Crippen LogP contribution in [0, 0.1) is 10.7 Å². The minimum absolute atomic E-state index is 0.0203. The van der Waals surface area contributed by atoms with E-state index in [1.54, 1.807) is 0 Å². The highest BCUT2D eigenvalue weighted by Crippen LogP contribution is 2.12. The number of hydrogen-bond acceptors (Lipinski definition) is 5. The van der Waals surface area contributed by atoms with Crippen LogP contribution in [0.4, 0.5) is 0 Å². The standard InChI is InChI=1S/C18H22N4O3S/c1-12(2)7-8-25-15-5-3-13(4-6-15)11-19-22-17(24)10-14-9-16(23)21-18(26)20-14/h3-6,9,11-12H,7-8,10H2,1-2H3,(H,22,24)(H2,20,21,23,26)/b19-11-. The third-order valence-corrected chi connectivity index (χ3v) is 3.62. The van der Waals surface area contributed by atoms with Gasteiger partial charge in [-0.25, -0.2) is 5.43 Å². The van der Waals surface area contributed by atoms with E-state index in [4.69, 9.17) is 17.0 Å². The predicted molar refractivity (Wildman–Crippen MR) is 103 cm³/mol. The van der Waals surface area contributed by atoms with Crippen LogP contribution in [-0.4, -0.2) is 28.7 Å². The summed E-state index contributed by atoms with van der Waals surface area (Å²) in [6.45, 7) is 4.99. The lowest BCUT2D eigenvalue weighted by atomic mass is 10.1. The van der Waals surface area contributed by atoms with Crippen LogP contribution in [0.5, 0.6) is 5.75 Å². The maximum Gasteiger partial charge on any atom is 0.251 e. The van der Waals surface area contributed by atoms with E-state index >= 15 is 0 Å². The molecule has 7 nitrogen and oxygen atoms in total. The van der Waals surface area contributed by atoms with Gasteiger partial charge in [0.15, 0.2) is 4.77 Å². The molecule has 1 heterocycles. The van der Waals surface area contributed by atoms with Crippen LogP contribution in [0.3, 0.4) is 0 Å². The van der Waals surface area contributed by atoms with Gasteiger partial charge in [0, 0.05) is 11.8 Å². The first kappa shape index (κ1) is 19.6. The molecule has 8 heteroatoms. The van der Waals surface area contributed by atoms with Crippen molar-refractivity contribution in [2.24, 2.45) is 11.0 Å². The zero-order chi connectivity index (χ0) is 18.9. The van der Waals surface area contributed by atoms with Gasteiger partial charge in [0.2, 0.25) is 5.91 Å². The Bertz CT molecular complexity index is 841. The van der Waals surface area contributed by atoms with Crippen molar-refractivity contribution in [3.63, 3.8) is 0 Å². The number of H-pyrrole nitrogens is 2. The molecule has 0 aliphatic heterocycles. The molecule has 1 aromatic carbocycles. The summed E-state index contributed by atoms with van der Waals surface area (Å²) in [4.78, 5) is 28.3. The predicted octanol–water partition coefficient (Wildman–Crippen LogP) is 2.55. The van der Waals surface area contributed by atoms with Crippen molar-refractivity contribution >= 4 is 24.3 Å². The number of rotatable bonds is 8. The highest BCUT2D eigenvalue weighted by Gasteiger charge is 2.03. The largest absolute Gasteiger partial charge is 0.494 e. The van der Waals surface area contributed by atoms with Gasteiger partial charge in [0.1, 0.15) is 5.75 Å². The Balaban J connectivity index is 1.82. The molecular weight excluding hydrogens is 352 g/mol. The minimum Gasteiger partial charge on any atom is -0.494 e. The molecule has 2 rings (SSSR count). The number of ether oxygens (including phenoxy) is 1. The molecule has 0 radical (unpaired) electrons. The summed E-state index contributed by atoms with van der Waals surface area (Å²) in [6.07, 6.45) is 2.52. The second kappa shape index (κ2) is 9.67. The van der Waals surface area contributed by atoms with Gasteiger partial charge in [-0.3, -0.25) is 14.6 Å². The lowest BCUT2D eigenvalue weighted by molar-refractivity contribution is -0.120. The number of nitrogens with zero attached hydrogens (tertiary/aromatic N) is 1.